The van der Waals surface area contributed by atoms with E-state index >= 15 is 0 Å². The molecule has 0 saturated heterocycles. The molecule has 5 nitrogen and oxygen atoms in total. The third kappa shape index (κ3) is 2.86. The van der Waals surface area contributed by atoms with Gasteiger partial charge in [-0.15, -0.1) is 0 Å². The number of hydrogen-bond donors (Lipinski definition) is 3. The minimum atomic E-state index is -0.329. The Kier molecular flexibility index (Phi) is 3.96. The molecular weight excluding hydrogens is 192 g/mol. The molecule has 0 amide bonds. The van der Waals surface area contributed by atoms with Crippen molar-refractivity contribution >= 4 is 11.5 Å². The van der Waals surface area contributed by atoms with Gasteiger partial charge in [0.15, 0.2) is 0 Å². The van der Waals surface area contributed by atoms with E-state index in [0.29, 0.717) is 12.2 Å². The molecule has 0 bridgehead atoms. The molecule has 0 fully saturated rings. The summed E-state index contributed by atoms with van der Waals surface area (Å²) < 4.78 is 1.70. The lowest BCUT2D eigenvalue weighted by atomic mass is 10.2. The molecule has 4 N–H and O–H groups in total. The van der Waals surface area contributed by atoms with Crippen molar-refractivity contribution < 1.29 is 5.11 Å². The average molecular weight is 212 g/mol. The van der Waals surface area contributed by atoms with Crippen molar-refractivity contribution in [2.45, 2.75) is 32.8 Å². The molecule has 0 aliphatic carbocycles. The van der Waals surface area contributed by atoms with Gasteiger partial charge in [-0.3, -0.25) is 4.68 Å². The van der Waals surface area contributed by atoms with Gasteiger partial charge in [0.1, 0.15) is 5.82 Å². The molecule has 1 aromatic rings. The number of hydrogen-bond acceptors (Lipinski definition) is 4. The summed E-state index contributed by atoms with van der Waals surface area (Å²) in [5.41, 5.74) is 7.30. The summed E-state index contributed by atoms with van der Waals surface area (Å²) in [5, 5.41) is 16.9. The van der Waals surface area contributed by atoms with Gasteiger partial charge in [-0.05, 0) is 13.3 Å². The molecule has 1 heterocycles. The number of aliphatic hydroxyl groups is 1. The third-order valence-electron chi connectivity index (χ3n) is 2.40. The smallest absolute Gasteiger partial charge is 0.147 e. The first kappa shape index (κ1) is 11.8. The van der Waals surface area contributed by atoms with Crippen molar-refractivity contribution in [3.63, 3.8) is 0 Å². The summed E-state index contributed by atoms with van der Waals surface area (Å²) in [6, 6.07) is 0. The zero-order chi connectivity index (χ0) is 11.4. The SMILES string of the molecule is CCCC(O)CNc1c(N)c(C)nn1C. The van der Waals surface area contributed by atoms with Gasteiger partial charge in [-0.25, -0.2) is 0 Å². The van der Waals surface area contributed by atoms with E-state index in [1.54, 1.807) is 4.68 Å². The van der Waals surface area contributed by atoms with Gasteiger partial charge in [0, 0.05) is 13.6 Å². The molecule has 0 aromatic carbocycles. The molecule has 0 saturated carbocycles. The Bertz CT molecular complexity index is 321. The summed E-state index contributed by atoms with van der Waals surface area (Å²) in [6.45, 7) is 4.42. The lowest BCUT2D eigenvalue weighted by molar-refractivity contribution is 0.176. The second-order valence-electron chi connectivity index (χ2n) is 3.79. The van der Waals surface area contributed by atoms with Gasteiger partial charge in [0.25, 0.3) is 0 Å². The van der Waals surface area contributed by atoms with Crippen molar-refractivity contribution in [2.24, 2.45) is 7.05 Å². The highest BCUT2D eigenvalue weighted by Crippen LogP contribution is 2.20. The van der Waals surface area contributed by atoms with Crippen molar-refractivity contribution in [2.75, 3.05) is 17.6 Å². The Morgan fingerprint density at radius 3 is 2.73 bits per heavy atom. The van der Waals surface area contributed by atoms with Crippen LogP contribution in [-0.4, -0.2) is 27.5 Å². The van der Waals surface area contributed by atoms with E-state index < -0.39 is 0 Å². The first-order valence-electron chi connectivity index (χ1n) is 5.27. The number of nitrogens with one attached hydrogen (secondary N) is 1. The Morgan fingerprint density at radius 1 is 1.60 bits per heavy atom. The Balaban J connectivity index is 2.57. The van der Waals surface area contributed by atoms with Crippen LogP contribution >= 0.6 is 0 Å². The van der Waals surface area contributed by atoms with E-state index in [4.69, 9.17) is 5.73 Å². The molecule has 1 atom stereocenters. The quantitative estimate of drug-likeness (QED) is 0.677. The zero-order valence-electron chi connectivity index (χ0n) is 9.62. The van der Waals surface area contributed by atoms with Crippen LogP contribution < -0.4 is 11.1 Å². The predicted molar refractivity (Wildman–Crippen MR) is 61.8 cm³/mol. The number of aliphatic hydroxyl groups excluding tert-OH is 1. The van der Waals surface area contributed by atoms with Crippen molar-refractivity contribution in [3.05, 3.63) is 5.69 Å². The maximum absolute atomic E-state index is 9.57. The lowest BCUT2D eigenvalue weighted by Gasteiger charge is -2.12. The Morgan fingerprint density at radius 2 is 2.27 bits per heavy atom. The number of aromatic nitrogens is 2. The fourth-order valence-electron chi connectivity index (χ4n) is 1.53. The van der Waals surface area contributed by atoms with Crippen molar-refractivity contribution in [1.82, 2.24) is 9.78 Å². The highest BCUT2D eigenvalue weighted by molar-refractivity contribution is 5.64. The number of aryl methyl sites for hydroxylation is 2. The van der Waals surface area contributed by atoms with Crippen molar-refractivity contribution in [1.29, 1.82) is 0 Å². The van der Waals surface area contributed by atoms with Crippen LogP contribution in [0, 0.1) is 6.92 Å². The first-order chi connectivity index (χ1) is 7.06. The van der Waals surface area contributed by atoms with Crippen LogP contribution in [0.3, 0.4) is 0 Å². The summed E-state index contributed by atoms with van der Waals surface area (Å²) in [4.78, 5) is 0. The molecule has 15 heavy (non-hydrogen) atoms. The van der Waals surface area contributed by atoms with Crippen LogP contribution in [0.2, 0.25) is 0 Å². The number of nitrogen functional groups attached to an aromatic ring is 1. The van der Waals surface area contributed by atoms with E-state index in [2.05, 4.69) is 10.4 Å². The predicted octanol–water partition coefficient (Wildman–Crippen LogP) is 0.884. The van der Waals surface area contributed by atoms with Gasteiger partial charge in [-0.1, -0.05) is 13.3 Å². The number of nitrogens with two attached hydrogens (primary N) is 1. The highest BCUT2D eigenvalue weighted by Gasteiger charge is 2.10. The minimum absolute atomic E-state index is 0.329. The zero-order valence-corrected chi connectivity index (χ0v) is 9.62. The van der Waals surface area contributed by atoms with Gasteiger partial charge >= 0.3 is 0 Å². The molecule has 86 valence electrons. The van der Waals surface area contributed by atoms with Crippen molar-refractivity contribution in [3.8, 4) is 0 Å². The fourth-order valence-corrected chi connectivity index (χ4v) is 1.53. The second-order valence-corrected chi connectivity index (χ2v) is 3.79. The maximum Gasteiger partial charge on any atom is 0.147 e. The molecule has 0 spiro atoms. The Labute approximate surface area is 90.3 Å². The van der Waals surface area contributed by atoms with Gasteiger partial charge in [0.05, 0.1) is 17.5 Å². The monoisotopic (exact) mass is 212 g/mol. The normalized spacial score (nSPS) is 12.8. The molecular formula is C10H20N4O. The van der Waals surface area contributed by atoms with E-state index in [1.165, 1.54) is 0 Å². The largest absolute Gasteiger partial charge is 0.394 e. The number of rotatable bonds is 5. The molecule has 0 radical (unpaired) electrons. The summed E-state index contributed by atoms with van der Waals surface area (Å²) in [6.07, 6.45) is 1.44. The summed E-state index contributed by atoms with van der Waals surface area (Å²) in [7, 11) is 1.83. The average Bonchev–Trinajstić information content (AvgIpc) is 2.40. The van der Waals surface area contributed by atoms with E-state index in [0.717, 1.165) is 24.4 Å². The van der Waals surface area contributed by atoms with Crippen LogP contribution in [-0.2, 0) is 7.05 Å². The minimum Gasteiger partial charge on any atom is -0.394 e. The maximum atomic E-state index is 9.57. The number of nitrogens with zero attached hydrogens (tertiary/aromatic N) is 2. The van der Waals surface area contributed by atoms with E-state index in [1.807, 2.05) is 20.9 Å². The fraction of sp³-hybridized carbons (Fsp3) is 0.700. The third-order valence-corrected chi connectivity index (χ3v) is 2.40. The van der Waals surface area contributed by atoms with Crippen LogP contribution in [0.15, 0.2) is 0 Å². The standard InChI is InChI=1S/C10H20N4O/c1-4-5-8(15)6-12-10-9(11)7(2)13-14(10)3/h8,12,15H,4-6,11H2,1-3H3. The second kappa shape index (κ2) is 5.02. The molecule has 1 aromatic heterocycles. The molecule has 5 heteroatoms. The topological polar surface area (TPSA) is 76.1 Å². The first-order valence-corrected chi connectivity index (χ1v) is 5.27. The van der Waals surface area contributed by atoms with Gasteiger partial charge in [-0.2, -0.15) is 5.10 Å². The van der Waals surface area contributed by atoms with Crippen LogP contribution in [0.5, 0.6) is 0 Å². The molecule has 1 unspecified atom stereocenters. The summed E-state index contributed by atoms with van der Waals surface area (Å²) in [5.74, 6) is 0.780. The molecule has 0 aliphatic rings. The highest BCUT2D eigenvalue weighted by atomic mass is 16.3. The van der Waals surface area contributed by atoms with E-state index in [9.17, 15) is 5.11 Å². The lowest BCUT2D eigenvalue weighted by Crippen LogP contribution is -2.20. The Hall–Kier alpha value is -1.23. The van der Waals surface area contributed by atoms with Crippen LogP contribution in [0.4, 0.5) is 11.5 Å². The van der Waals surface area contributed by atoms with Gasteiger partial charge < -0.3 is 16.2 Å². The molecule has 0 aliphatic heterocycles. The van der Waals surface area contributed by atoms with Gasteiger partial charge in [0.2, 0.25) is 0 Å². The summed E-state index contributed by atoms with van der Waals surface area (Å²) >= 11 is 0. The van der Waals surface area contributed by atoms with Crippen LogP contribution in [0.1, 0.15) is 25.5 Å². The number of anilines is 2. The molecule has 1 rings (SSSR count). The van der Waals surface area contributed by atoms with Crippen LogP contribution in [0.25, 0.3) is 0 Å². The van der Waals surface area contributed by atoms with E-state index in [-0.39, 0.29) is 6.10 Å².